The van der Waals surface area contributed by atoms with Gasteiger partial charge >= 0.3 is 12.6 Å². The smallest absolute Gasteiger partial charge is 0.387 e. The molecular weight excluding hydrogens is 354 g/mol. The zero-order valence-corrected chi connectivity index (χ0v) is 13.1. The molecule has 0 saturated carbocycles. The van der Waals surface area contributed by atoms with Crippen LogP contribution in [-0.2, 0) is 11.3 Å². The van der Waals surface area contributed by atoms with E-state index in [9.17, 15) is 28.5 Å². The molecule has 26 heavy (non-hydrogen) atoms. The molecule has 2 N–H and O–H groups in total. The number of carbonyl (C=O) groups excluding carboxylic acids is 2. The second-order valence-electron chi connectivity index (χ2n) is 4.94. The first-order chi connectivity index (χ1) is 12.3. The molecule has 0 atom stereocenters. The van der Waals surface area contributed by atoms with Crippen LogP contribution in [0.5, 0.6) is 5.75 Å². The number of carbonyl (C=O) groups is 2. The van der Waals surface area contributed by atoms with Crippen LogP contribution in [-0.4, -0.2) is 23.4 Å². The molecule has 2 rings (SSSR count). The van der Waals surface area contributed by atoms with Gasteiger partial charge in [-0.05, 0) is 36.4 Å². The molecule has 0 bridgehead atoms. The topological polar surface area (TPSA) is 122 Å². The maximum Gasteiger partial charge on any atom is 0.387 e. The van der Waals surface area contributed by atoms with Gasteiger partial charge in [0.15, 0.2) is 0 Å². The van der Waals surface area contributed by atoms with Crippen molar-refractivity contribution in [2.75, 3.05) is 0 Å². The Kier molecular flexibility index (Phi) is 5.78. The van der Waals surface area contributed by atoms with Crippen LogP contribution in [0.2, 0.25) is 0 Å². The Labute approximate surface area is 145 Å². The molecule has 8 nitrogen and oxygen atoms in total. The molecule has 2 aromatic rings. The summed E-state index contributed by atoms with van der Waals surface area (Å²) in [5.74, 6) is -1.78. The van der Waals surface area contributed by atoms with E-state index in [0.717, 1.165) is 18.2 Å². The number of nitro benzene ring substituents is 1. The molecular formula is C16H12F2N2O6. The van der Waals surface area contributed by atoms with Gasteiger partial charge in [-0.15, -0.1) is 0 Å². The van der Waals surface area contributed by atoms with E-state index >= 15 is 0 Å². The predicted molar refractivity (Wildman–Crippen MR) is 83.8 cm³/mol. The molecule has 136 valence electrons. The van der Waals surface area contributed by atoms with E-state index in [4.69, 9.17) is 10.5 Å². The van der Waals surface area contributed by atoms with Crippen LogP contribution in [0.1, 0.15) is 26.3 Å². The van der Waals surface area contributed by atoms with Crippen LogP contribution in [0.4, 0.5) is 14.5 Å². The Morgan fingerprint density at radius 3 is 2.27 bits per heavy atom. The van der Waals surface area contributed by atoms with Gasteiger partial charge in [0.25, 0.3) is 5.69 Å². The van der Waals surface area contributed by atoms with Crippen LogP contribution in [0.3, 0.4) is 0 Å². The summed E-state index contributed by atoms with van der Waals surface area (Å²) < 4.78 is 33.3. The molecule has 0 aliphatic heterocycles. The Bertz CT molecular complexity index is 839. The molecule has 0 aromatic heterocycles. The van der Waals surface area contributed by atoms with Gasteiger partial charge in [-0.3, -0.25) is 14.9 Å². The largest absolute Gasteiger partial charge is 0.457 e. The summed E-state index contributed by atoms with van der Waals surface area (Å²) in [5, 5.41) is 11.1. The number of nitro groups is 1. The highest BCUT2D eigenvalue weighted by Crippen LogP contribution is 2.22. The number of amides is 1. The monoisotopic (exact) mass is 366 g/mol. The Morgan fingerprint density at radius 2 is 1.73 bits per heavy atom. The summed E-state index contributed by atoms with van der Waals surface area (Å²) in [7, 11) is 0. The summed E-state index contributed by atoms with van der Waals surface area (Å²) in [5.41, 5.74) is 4.70. The molecule has 0 aliphatic carbocycles. The lowest BCUT2D eigenvalue weighted by Gasteiger charge is -2.08. The normalized spacial score (nSPS) is 10.4. The van der Waals surface area contributed by atoms with Crippen LogP contribution in [0.25, 0.3) is 0 Å². The molecule has 1 amide bonds. The lowest BCUT2D eigenvalue weighted by Crippen LogP contribution is -2.12. The van der Waals surface area contributed by atoms with Crippen LogP contribution in [0.15, 0.2) is 42.5 Å². The first-order valence-electron chi connectivity index (χ1n) is 7.07. The standard InChI is InChI=1S/C16H12F2N2O6/c17-16(18)26-12-5-3-9(4-6-12)15(22)25-8-11-2-1-10(14(19)21)7-13(11)20(23)24/h1-7,16H,8H2,(H2,19,21). The number of nitrogens with two attached hydrogens (primary N) is 1. The maximum absolute atomic E-state index is 12.1. The lowest BCUT2D eigenvalue weighted by molar-refractivity contribution is -0.385. The van der Waals surface area contributed by atoms with Crippen molar-refractivity contribution in [3.05, 3.63) is 69.3 Å². The predicted octanol–water partition coefficient (Wildman–Crippen LogP) is 2.65. The molecule has 10 heteroatoms. The van der Waals surface area contributed by atoms with E-state index < -0.39 is 35.7 Å². The number of rotatable bonds is 7. The highest BCUT2D eigenvalue weighted by atomic mass is 19.3. The van der Waals surface area contributed by atoms with Crippen molar-refractivity contribution >= 4 is 17.6 Å². The zero-order chi connectivity index (χ0) is 19.3. The third-order valence-corrected chi connectivity index (χ3v) is 3.24. The van der Waals surface area contributed by atoms with Crippen molar-refractivity contribution in [1.29, 1.82) is 0 Å². The van der Waals surface area contributed by atoms with Gasteiger partial charge in [0.1, 0.15) is 12.4 Å². The second-order valence-corrected chi connectivity index (χ2v) is 4.94. The van der Waals surface area contributed by atoms with Gasteiger partial charge < -0.3 is 15.2 Å². The van der Waals surface area contributed by atoms with Crippen molar-refractivity contribution < 1.29 is 32.8 Å². The first kappa shape index (κ1) is 18.8. The highest BCUT2D eigenvalue weighted by molar-refractivity contribution is 5.93. The Hall–Kier alpha value is -3.56. The van der Waals surface area contributed by atoms with Gasteiger partial charge in [0.2, 0.25) is 5.91 Å². The number of ether oxygens (including phenoxy) is 2. The van der Waals surface area contributed by atoms with E-state index in [0.29, 0.717) is 0 Å². The van der Waals surface area contributed by atoms with Gasteiger partial charge in [0.05, 0.1) is 16.1 Å². The number of hydrogen-bond acceptors (Lipinski definition) is 6. The first-order valence-corrected chi connectivity index (χ1v) is 7.07. The minimum Gasteiger partial charge on any atom is -0.457 e. The number of alkyl halides is 2. The molecule has 0 heterocycles. The molecule has 0 unspecified atom stereocenters. The number of halogens is 2. The maximum atomic E-state index is 12.1. The van der Waals surface area contributed by atoms with Crippen LogP contribution < -0.4 is 10.5 Å². The van der Waals surface area contributed by atoms with Crippen molar-refractivity contribution in [1.82, 2.24) is 0 Å². The molecule has 2 aromatic carbocycles. The van der Waals surface area contributed by atoms with Crippen molar-refractivity contribution in [3.8, 4) is 5.75 Å². The van der Waals surface area contributed by atoms with Crippen molar-refractivity contribution in [2.45, 2.75) is 13.2 Å². The number of benzene rings is 2. The van der Waals surface area contributed by atoms with E-state index in [2.05, 4.69) is 4.74 Å². The molecule has 0 saturated heterocycles. The summed E-state index contributed by atoms with van der Waals surface area (Å²) >= 11 is 0. The van der Waals surface area contributed by atoms with Gasteiger partial charge in [0, 0.05) is 11.6 Å². The fourth-order valence-corrected chi connectivity index (χ4v) is 2.01. The Morgan fingerprint density at radius 1 is 1.12 bits per heavy atom. The number of hydrogen-bond donors (Lipinski definition) is 1. The zero-order valence-electron chi connectivity index (χ0n) is 13.1. The van der Waals surface area contributed by atoms with Crippen molar-refractivity contribution in [3.63, 3.8) is 0 Å². The van der Waals surface area contributed by atoms with Gasteiger partial charge in [-0.1, -0.05) is 0 Å². The minimum atomic E-state index is -2.99. The van der Waals surface area contributed by atoms with E-state index in [-0.39, 0.29) is 22.4 Å². The average molecular weight is 366 g/mol. The summed E-state index contributed by atoms with van der Waals surface area (Å²) in [6, 6.07) is 8.26. The van der Waals surface area contributed by atoms with E-state index in [1.54, 1.807) is 0 Å². The molecule has 0 radical (unpaired) electrons. The summed E-state index contributed by atoms with van der Waals surface area (Å²) in [6.07, 6.45) is 0. The fraction of sp³-hybridized carbons (Fsp3) is 0.125. The van der Waals surface area contributed by atoms with Crippen LogP contribution in [0, 0.1) is 10.1 Å². The number of primary amides is 1. The van der Waals surface area contributed by atoms with Gasteiger partial charge in [-0.25, -0.2) is 4.79 Å². The molecule has 0 spiro atoms. The van der Waals surface area contributed by atoms with E-state index in [1.807, 2.05) is 0 Å². The van der Waals surface area contributed by atoms with E-state index in [1.165, 1.54) is 24.3 Å². The third kappa shape index (κ3) is 4.72. The van der Waals surface area contributed by atoms with Crippen LogP contribution >= 0.6 is 0 Å². The summed E-state index contributed by atoms with van der Waals surface area (Å²) in [4.78, 5) is 33.4. The summed E-state index contributed by atoms with van der Waals surface area (Å²) in [6.45, 7) is -3.42. The highest BCUT2D eigenvalue weighted by Gasteiger charge is 2.18. The SMILES string of the molecule is NC(=O)c1ccc(COC(=O)c2ccc(OC(F)F)cc2)c([N+](=O)[O-])c1. The van der Waals surface area contributed by atoms with Gasteiger partial charge in [-0.2, -0.15) is 8.78 Å². The number of esters is 1. The average Bonchev–Trinajstić information content (AvgIpc) is 2.59. The number of nitrogens with zero attached hydrogens (tertiary/aromatic N) is 1. The third-order valence-electron chi connectivity index (χ3n) is 3.24. The fourth-order valence-electron chi connectivity index (χ4n) is 2.01. The lowest BCUT2D eigenvalue weighted by atomic mass is 10.1. The molecule has 0 fully saturated rings. The Balaban J connectivity index is 2.09. The quantitative estimate of drug-likeness (QED) is 0.457. The molecule has 0 aliphatic rings. The van der Waals surface area contributed by atoms with Crippen molar-refractivity contribution in [2.24, 2.45) is 5.73 Å². The minimum absolute atomic E-state index is 0.0445. The second kappa shape index (κ2) is 8.01.